The van der Waals surface area contributed by atoms with Gasteiger partial charge in [0.15, 0.2) is 0 Å². The lowest BCUT2D eigenvalue weighted by Gasteiger charge is -2.09. The molecule has 2 heterocycles. The molecule has 138 valence electrons. The average Bonchev–Trinajstić information content (AvgIpc) is 3.06. The lowest BCUT2D eigenvalue weighted by atomic mass is 10.2. The third-order valence-corrected chi connectivity index (χ3v) is 5.54. The van der Waals surface area contributed by atoms with Crippen LogP contribution in [-0.2, 0) is 10.1 Å². The van der Waals surface area contributed by atoms with Crippen LogP contribution in [0.3, 0.4) is 0 Å². The van der Waals surface area contributed by atoms with Gasteiger partial charge >= 0.3 is 10.1 Å². The van der Waals surface area contributed by atoms with E-state index >= 15 is 0 Å². The molecule has 4 aromatic rings. The maximum atomic E-state index is 12.5. The molecule has 0 fully saturated rings. The Bertz CT molecular complexity index is 1300. The Hall–Kier alpha value is -3.63. The Morgan fingerprint density at radius 2 is 1.82 bits per heavy atom. The van der Waals surface area contributed by atoms with Gasteiger partial charge in [-0.05, 0) is 55.5 Å². The lowest BCUT2D eigenvalue weighted by molar-refractivity contribution is 0.486. The van der Waals surface area contributed by atoms with Crippen molar-refractivity contribution in [3.63, 3.8) is 0 Å². The molecule has 0 aliphatic carbocycles. The number of nitrogens with zero attached hydrogens (tertiary/aromatic N) is 3. The van der Waals surface area contributed by atoms with Gasteiger partial charge in [-0.25, -0.2) is 4.98 Å². The van der Waals surface area contributed by atoms with E-state index in [4.69, 9.17) is 4.18 Å². The summed E-state index contributed by atoms with van der Waals surface area (Å²) in [6, 6.07) is 20.6. The molecular formula is C21H15N3O3S. The molecule has 0 atom stereocenters. The molecule has 0 saturated carbocycles. The van der Waals surface area contributed by atoms with Crippen LogP contribution in [0.25, 0.3) is 16.7 Å². The van der Waals surface area contributed by atoms with Crippen LogP contribution in [0, 0.1) is 18.3 Å². The maximum Gasteiger partial charge on any atom is 0.339 e. The van der Waals surface area contributed by atoms with Gasteiger partial charge in [-0.15, -0.1) is 0 Å². The molecule has 0 spiro atoms. The van der Waals surface area contributed by atoms with E-state index in [0.29, 0.717) is 16.9 Å². The van der Waals surface area contributed by atoms with Crippen molar-refractivity contribution in [2.45, 2.75) is 11.8 Å². The van der Waals surface area contributed by atoms with Crippen molar-refractivity contribution < 1.29 is 12.6 Å². The third kappa shape index (κ3) is 3.21. The average molecular weight is 389 g/mol. The minimum absolute atomic E-state index is 0.0852. The Morgan fingerprint density at radius 1 is 1.04 bits per heavy atom. The van der Waals surface area contributed by atoms with E-state index in [1.807, 2.05) is 13.0 Å². The molecule has 0 bridgehead atoms. The summed E-state index contributed by atoms with van der Waals surface area (Å²) in [6.45, 7) is 1.88. The second-order valence-electron chi connectivity index (χ2n) is 6.24. The molecular weight excluding hydrogens is 374 g/mol. The third-order valence-electron chi connectivity index (χ3n) is 4.28. The highest BCUT2D eigenvalue weighted by Crippen LogP contribution is 2.28. The number of nitriles is 1. The van der Waals surface area contributed by atoms with Crippen LogP contribution in [0.5, 0.6) is 5.75 Å². The van der Waals surface area contributed by atoms with Crippen molar-refractivity contribution >= 4 is 21.0 Å². The van der Waals surface area contributed by atoms with Crippen molar-refractivity contribution in [2.24, 2.45) is 0 Å². The van der Waals surface area contributed by atoms with Gasteiger partial charge in [0, 0.05) is 11.6 Å². The molecule has 0 radical (unpaired) electrons. The van der Waals surface area contributed by atoms with Crippen LogP contribution in [0.1, 0.15) is 11.3 Å². The number of hydrogen-bond acceptors (Lipinski definition) is 5. The molecule has 0 aliphatic heterocycles. The molecule has 0 saturated heterocycles. The first-order chi connectivity index (χ1) is 13.5. The molecule has 0 unspecified atom stereocenters. The van der Waals surface area contributed by atoms with Gasteiger partial charge in [0.05, 0.1) is 5.52 Å². The Kier molecular flexibility index (Phi) is 4.34. The van der Waals surface area contributed by atoms with E-state index in [1.165, 1.54) is 12.1 Å². The first-order valence-corrected chi connectivity index (χ1v) is 9.87. The van der Waals surface area contributed by atoms with Crippen LogP contribution in [0.15, 0.2) is 77.8 Å². The summed E-state index contributed by atoms with van der Waals surface area (Å²) in [7, 11) is -3.94. The number of fused-ring (bicyclic) bond motifs is 1. The highest BCUT2D eigenvalue weighted by atomic mass is 32.2. The minimum atomic E-state index is -3.94. The fraction of sp³-hybridized carbons (Fsp3) is 0.0476. The van der Waals surface area contributed by atoms with Crippen LogP contribution < -0.4 is 4.18 Å². The molecule has 2 aromatic heterocycles. The monoisotopic (exact) mass is 389 g/mol. The zero-order valence-corrected chi connectivity index (χ0v) is 15.7. The van der Waals surface area contributed by atoms with E-state index in [9.17, 15) is 13.7 Å². The van der Waals surface area contributed by atoms with E-state index in [2.05, 4.69) is 11.1 Å². The Morgan fingerprint density at radius 3 is 2.50 bits per heavy atom. The van der Waals surface area contributed by atoms with Crippen LogP contribution in [0.4, 0.5) is 0 Å². The second-order valence-corrected chi connectivity index (χ2v) is 7.78. The van der Waals surface area contributed by atoms with Gasteiger partial charge in [0.2, 0.25) is 0 Å². The molecule has 2 aromatic carbocycles. The first kappa shape index (κ1) is 17.8. The predicted molar refractivity (Wildman–Crippen MR) is 105 cm³/mol. The van der Waals surface area contributed by atoms with Crippen LogP contribution in [0.2, 0.25) is 0 Å². The Balaban J connectivity index is 1.75. The number of hydrogen-bond donors (Lipinski definition) is 0. The van der Waals surface area contributed by atoms with Crippen molar-refractivity contribution in [3.8, 4) is 17.6 Å². The van der Waals surface area contributed by atoms with Gasteiger partial charge in [-0.2, -0.15) is 13.7 Å². The molecule has 6 nitrogen and oxygen atoms in total. The molecule has 7 heteroatoms. The fourth-order valence-corrected chi connectivity index (χ4v) is 3.86. The summed E-state index contributed by atoms with van der Waals surface area (Å²) >= 11 is 0. The smallest absolute Gasteiger partial charge is 0.339 e. The fourth-order valence-electron chi connectivity index (χ4n) is 2.94. The van der Waals surface area contributed by atoms with Gasteiger partial charge in [-0.3, -0.25) is 4.57 Å². The van der Waals surface area contributed by atoms with E-state index in [0.717, 1.165) is 11.1 Å². The molecule has 4 rings (SSSR count). The number of benzene rings is 2. The summed E-state index contributed by atoms with van der Waals surface area (Å²) in [5.41, 5.74) is 2.09. The van der Waals surface area contributed by atoms with Crippen molar-refractivity contribution in [2.75, 3.05) is 0 Å². The second kappa shape index (κ2) is 6.83. The maximum absolute atomic E-state index is 12.5. The molecule has 28 heavy (non-hydrogen) atoms. The normalized spacial score (nSPS) is 11.3. The zero-order chi connectivity index (χ0) is 19.7. The standard InChI is InChI=1S/C21H15N3O3S/c1-15-5-8-19(9-6-15)28(25,26)27-18-7-10-20-16(13-18)12-17(14-22)24(20)21-4-2-3-11-23-21/h2-13H,1H3. The van der Waals surface area contributed by atoms with Gasteiger partial charge in [0.1, 0.15) is 28.2 Å². The summed E-state index contributed by atoms with van der Waals surface area (Å²) < 4.78 is 32.0. The largest absolute Gasteiger partial charge is 0.379 e. The van der Waals surface area contributed by atoms with Gasteiger partial charge in [0.25, 0.3) is 0 Å². The highest BCUT2D eigenvalue weighted by molar-refractivity contribution is 7.87. The molecule has 0 aliphatic rings. The van der Waals surface area contributed by atoms with Crippen LogP contribution >= 0.6 is 0 Å². The van der Waals surface area contributed by atoms with Crippen molar-refractivity contribution in [3.05, 3.63) is 84.2 Å². The number of aryl methyl sites for hydroxylation is 1. The van der Waals surface area contributed by atoms with Gasteiger partial charge < -0.3 is 4.18 Å². The summed E-state index contributed by atoms with van der Waals surface area (Å²) in [5, 5.41) is 10.2. The number of pyridine rings is 1. The van der Waals surface area contributed by atoms with Crippen molar-refractivity contribution in [1.82, 2.24) is 9.55 Å². The highest BCUT2D eigenvalue weighted by Gasteiger charge is 2.18. The zero-order valence-electron chi connectivity index (χ0n) is 14.9. The van der Waals surface area contributed by atoms with Crippen LogP contribution in [-0.4, -0.2) is 18.0 Å². The summed E-state index contributed by atoms with van der Waals surface area (Å²) in [4.78, 5) is 4.38. The lowest BCUT2D eigenvalue weighted by Crippen LogP contribution is -2.09. The topological polar surface area (TPSA) is 85.0 Å². The van der Waals surface area contributed by atoms with E-state index < -0.39 is 10.1 Å². The SMILES string of the molecule is Cc1ccc(S(=O)(=O)Oc2ccc3c(c2)cc(C#N)n3-c2ccccn2)cc1. The Labute approximate surface area is 162 Å². The number of rotatable bonds is 4. The molecule has 0 N–H and O–H groups in total. The van der Waals surface area contributed by atoms with E-state index in [1.54, 1.807) is 59.3 Å². The van der Waals surface area contributed by atoms with Gasteiger partial charge in [-0.1, -0.05) is 23.8 Å². The quantitative estimate of drug-likeness (QED) is 0.493. The summed E-state index contributed by atoms with van der Waals surface area (Å²) in [5.74, 6) is 0.783. The first-order valence-electron chi connectivity index (χ1n) is 8.46. The number of aromatic nitrogens is 2. The predicted octanol–water partition coefficient (Wildman–Crippen LogP) is 3.97. The van der Waals surface area contributed by atoms with E-state index in [-0.39, 0.29) is 10.6 Å². The van der Waals surface area contributed by atoms with Crippen molar-refractivity contribution in [1.29, 1.82) is 5.26 Å². The molecule has 0 amide bonds. The summed E-state index contributed by atoms with van der Waals surface area (Å²) in [6.07, 6.45) is 1.65. The minimum Gasteiger partial charge on any atom is -0.379 e.